The van der Waals surface area contributed by atoms with Gasteiger partial charge in [0.25, 0.3) is 0 Å². The summed E-state index contributed by atoms with van der Waals surface area (Å²) in [7, 11) is 0. The van der Waals surface area contributed by atoms with E-state index < -0.39 is 0 Å². The Labute approximate surface area is 153 Å². The van der Waals surface area contributed by atoms with Crippen LogP contribution in [0, 0.1) is 13.8 Å². The van der Waals surface area contributed by atoms with Crippen molar-refractivity contribution in [3.8, 4) is 11.1 Å². The van der Waals surface area contributed by atoms with Gasteiger partial charge in [-0.2, -0.15) is 0 Å². The van der Waals surface area contributed by atoms with Gasteiger partial charge in [-0.25, -0.2) is 0 Å². The fourth-order valence-corrected chi connectivity index (χ4v) is 4.35. The zero-order valence-electron chi connectivity index (χ0n) is 15.1. The average molecular weight is 332 g/mol. The Bertz CT molecular complexity index is 1290. The summed E-state index contributed by atoms with van der Waals surface area (Å²) in [5, 5.41) is 8.00. The van der Waals surface area contributed by atoms with E-state index in [1.54, 1.807) is 0 Å². The van der Waals surface area contributed by atoms with Gasteiger partial charge in [0, 0.05) is 0 Å². The second-order valence-electron chi connectivity index (χ2n) is 7.07. The summed E-state index contributed by atoms with van der Waals surface area (Å²) in [5.74, 6) is 0. The average Bonchev–Trinajstić information content (AvgIpc) is 2.69. The maximum Gasteiger partial charge on any atom is -0.00635 e. The highest BCUT2D eigenvalue weighted by Gasteiger charge is 2.14. The zero-order valence-corrected chi connectivity index (χ0v) is 15.1. The molecule has 0 aromatic heterocycles. The molecule has 0 aliphatic carbocycles. The van der Waals surface area contributed by atoms with Gasteiger partial charge in [-0.3, -0.25) is 0 Å². The molecule has 0 spiro atoms. The molecule has 0 amide bonds. The van der Waals surface area contributed by atoms with Gasteiger partial charge in [0.1, 0.15) is 0 Å². The van der Waals surface area contributed by atoms with Crippen molar-refractivity contribution in [2.75, 3.05) is 0 Å². The molecule has 0 heterocycles. The second-order valence-corrected chi connectivity index (χ2v) is 7.07. The Morgan fingerprint density at radius 3 is 1.73 bits per heavy atom. The topological polar surface area (TPSA) is 0 Å². The third-order valence-electron chi connectivity index (χ3n) is 5.60. The molecule has 0 atom stereocenters. The SMILES string of the molecule is Cc1cccc2c(-c3c(C)c4ccccc4c4ccccc34)cccc12. The van der Waals surface area contributed by atoms with E-state index in [1.807, 2.05) is 0 Å². The lowest BCUT2D eigenvalue weighted by molar-refractivity contribution is 1.51. The summed E-state index contributed by atoms with van der Waals surface area (Å²) in [6.07, 6.45) is 0. The van der Waals surface area contributed by atoms with Crippen LogP contribution in [0.1, 0.15) is 11.1 Å². The number of fused-ring (bicyclic) bond motifs is 4. The summed E-state index contributed by atoms with van der Waals surface area (Å²) in [6.45, 7) is 4.45. The van der Waals surface area contributed by atoms with Crippen molar-refractivity contribution in [3.05, 3.63) is 96.1 Å². The maximum atomic E-state index is 2.27. The minimum absolute atomic E-state index is 1.32. The lowest BCUT2D eigenvalue weighted by Crippen LogP contribution is -1.91. The minimum atomic E-state index is 1.32. The predicted octanol–water partition coefficient (Wildman–Crippen LogP) is 7.43. The van der Waals surface area contributed by atoms with Crippen LogP contribution in [-0.2, 0) is 0 Å². The van der Waals surface area contributed by atoms with Gasteiger partial charge in [0.15, 0.2) is 0 Å². The molecule has 0 nitrogen and oxygen atoms in total. The van der Waals surface area contributed by atoms with E-state index in [1.165, 1.54) is 54.6 Å². The third kappa shape index (κ3) is 2.09. The number of rotatable bonds is 1. The molecule has 0 radical (unpaired) electrons. The first-order valence-corrected chi connectivity index (χ1v) is 9.14. The Kier molecular flexibility index (Phi) is 3.33. The van der Waals surface area contributed by atoms with E-state index in [4.69, 9.17) is 0 Å². The van der Waals surface area contributed by atoms with Gasteiger partial charge >= 0.3 is 0 Å². The second kappa shape index (κ2) is 5.71. The first kappa shape index (κ1) is 15.2. The molecule has 0 saturated heterocycles. The van der Waals surface area contributed by atoms with E-state index in [-0.39, 0.29) is 0 Å². The van der Waals surface area contributed by atoms with Crippen molar-refractivity contribution in [1.29, 1.82) is 0 Å². The number of hydrogen-bond acceptors (Lipinski definition) is 0. The maximum absolute atomic E-state index is 2.27. The number of aryl methyl sites for hydroxylation is 2. The lowest BCUT2D eigenvalue weighted by atomic mass is 9.86. The van der Waals surface area contributed by atoms with Crippen LogP contribution in [0.2, 0.25) is 0 Å². The monoisotopic (exact) mass is 332 g/mol. The highest BCUT2D eigenvalue weighted by Crippen LogP contribution is 2.41. The summed E-state index contributed by atoms with van der Waals surface area (Å²) < 4.78 is 0. The molecule has 0 heteroatoms. The van der Waals surface area contributed by atoms with Gasteiger partial charge in [0.2, 0.25) is 0 Å². The van der Waals surface area contributed by atoms with Crippen LogP contribution in [0.15, 0.2) is 84.9 Å². The molecule has 5 aromatic rings. The Morgan fingerprint density at radius 2 is 0.962 bits per heavy atom. The zero-order chi connectivity index (χ0) is 17.7. The van der Waals surface area contributed by atoms with Crippen LogP contribution in [0.3, 0.4) is 0 Å². The Balaban J connectivity index is 2.03. The molecule has 0 saturated carbocycles. The molecule has 5 rings (SSSR count). The molecule has 0 bridgehead atoms. The molecular formula is C26H20. The summed E-state index contributed by atoms with van der Waals surface area (Å²) >= 11 is 0. The first-order chi connectivity index (χ1) is 12.8. The Hall–Kier alpha value is -3.12. The van der Waals surface area contributed by atoms with Crippen LogP contribution in [0.5, 0.6) is 0 Å². The lowest BCUT2D eigenvalue weighted by Gasteiger charge is -2.17. The van der Waals surface area contributed by atoms with Crippen LogP contribution < -0.4 is 0 Å². The van der Waals surface area contributed by atoms with Crippen LogP contribution in [-0.4, -0.2) is 0 Å². The van der Waals surface area contributed by atoms with Crippen molar-refractivity contribution in [3.63, 3.8) is 0 Å². The van der Waals surface area contributed by atoms with Crippen molar-refractivity contribution in [2.24, 2.45) is 0 Å². The number of benzene rings is 5. The fraction of sp³-hybridized carbons (Fsp3) is 0.0769. The van der Waals surface area contributed by atoms with Crippen molar-refractivity contribution >= 4 is 32.3 Å². The summed E-state index contributed by atoms with van der Waals surface area (Å²) in [5.41, 5.74) is 5.36. The van der Waals surface area contributed by atoms with Crippen LogP contribution in [0.4, 0.5) is 0 Å². The summed E-state index contributed by atoms with van der Waals surface area (Å²) in [6, 6.07) is 30.9. The van der Waals surface area contributed by atoms with Gasteiger partial charge in [-0.05, 0) is 68.4 Å². The Morgan fingerprint density at radius 1 is 0.423 bits per heavy atom. The highest BCUT2D eigenvalue weighted by molar-refractivity contribution is 6.18. The molecule has 0 fully saturated rings. The van der Waals surface area contributed by atoms with Crippen molar-refractivity contribution < 1.29 is 0 Å². The summed E-state index contributed by atoms with van der Waals surface area (Å²) in [4.78, 5) is 0. The molecule has 26 heavy (non-hydrogen) atoms. The third-order valence-corrected chi connectivity index (χ3v) is 5.60. The van der Waals surface area contributed by atoms with Gasteiger partial charge in [-0.15, -0.1) is 0 Å². The van der Waals surface area contributed by atoms with E-state index in [2.05, 4.69) is 98.8 Å². The van der Waals surface area contributed by atoms with Gasteiger partial charge in [-0.1, -0.05) is 84.9 Å². The van der Waals surface area contributed by atoms with Crippen LogP contribution >= 0.6 is 0 Å². The standard InChI is InChI=1S/C26H20/c1-17-9-7-15-21-19(17)14-8-16-25(21)26-18(2)20-10-3-4-11-22(20)23-12-5-6-13-24(23)26/h3-16H,1-2H3. The van der Waals surface area contributed by atoms with E-state index >= 15 is 0 Å². The molecule has 0 N–H and O–H groups in total. The largest absolute Gasteiger partial charge is 0.0616 e. The van der Waals surface area contributed by atoms with E-state index in [0.717, 1.165) is 0 Å². The van der Waals surface area contributed by atoms with Crippen molar-refractivity contribution in [1.82, 2.24) is 0 Å². The number of hydrogen-bond donors (Lipinski definition) is 0. The molecule has 5 aromatic carbocycles. The minimum Gasteiger partial charge on any atom is -0.0616 e. The van der Waals surface area contributed by atoms with Crippen molar-refractivity contribution in [2.45, 2.75) is 13.8 Å². The molecule has 0 aliphatic rings. The van der Waals surface area contributed by atoms with E-state index in [0.29, 0.717) is 0 Å². The first-order valence-electron chi connectivity index (χ1n) is 9.14. The van der Waals surface area contributed by atoms with E-state index in [9.17, 15) is 0 Å². The highest BCUT2D eigenvalue weighted by atomic mass is 14.2. The van der Waals surface area contributed by atoms with Crippen LogP contribution in [0.25, 0.3) is 43.4 Å². The molecule has 0 aliphatic heterocycles. The molecule has 0 unspecified atom stereocenters. The normalized spacial score (nSPS) is 11.5. The molecule has 124 valence electrons. The smallest absolute Gasteiger partial charge is 0.00635 e. The molecular weight excluding hydrogens is 312 g/mol. The van der Waals surface area contributed by atoms with Gasteiger partial charge < -0.3 is 0 Å². The quantitative estimate of drug-likeness (QED) is 0.280. The predicted molar refractivity (Wildman–Crippen MR) is 114 cm³/mol. The van der Waals surface area contributed by atoms with Gasteiger partial charge in [0.05, 0.1) is 0 Å². The fourth-order valence-electron chi connectivity index (χ4n) is 4.35.